The number of nitrogens with one attached hydrogen (secondary N) is 2. The fraction of sp³-hybridized carbons (Fsp3) is 0.423. The highest BCUT2D eigenvalue weighted by Gasteiger charge is 2.48. The molecule has 2 aromatic carbocycles. The Kier molecular flexibility index (Phi) is 7.66. The molecule has 2 aliphatic heterocycles. The number of carbonyl (C=O) groups is 2. The summed E-state index contributed by atoms with van der Waals surface area (Å²) in [5.74, 6) is -3.83. The third-order valence-electron chi connectivity index (χ3n) is 7.54. The third-order valence-corrected chi connectivity index (χ3v) is 9.83. The molecule has 1 amide bonds. The molecule has 0 spiro atoms. The first-order valence-electron chi connectivity index (χ1n) is 12.8. The van der Waals surface area contributed by atoms with Gasteiger partial charge in [-0.15, -0.1) is 4.40 Å². The highest BCUT2D eigenvalue weighted by Crippen LogP contribution is 2.38. The fourth-order valence-electron chi connectivity index (χ4n) is 5.68. The number of rotatable bonds is 6. The van der Waals surface area contributed by atoms with Crippen molar-refractivity contribution in [1.29, 1.82) is 0 Å². The van der Waals surface area contributed by atoms with E-state index in [4.69, 9.17) is 11.6 Å². The molecule has 14 heteroatoms. The number of ketones is 1. The van der Waals surface area contributed by atoms with E-state index in [1.165, 1.54) is 29.2 Å². The van der Waals surface area contributed by atoms with Crippen molar-refractivity contribution >= 4 is 60.5 Å². The Balaban J connectivity index is 1.51. The lowest BCUT2D eigenvalue weighted by atomic mass is 9.72. The molecule has 2 heterocycles. The van der Waals surface area contributed by atoms with Gasteiger partial charge in [0.05, 0.1) is 11.9 Å². The lowest BCUT2D eigenvalue weighted by Crippen LogP contribution is -2.56. The fourth-order valence-corrected chi connectivity index (χ4v) is 7.65. The Morgan fingerprint density at radius 1 is 1.12 bits per heavy atom. The summed E-state index contributed by atoms with van der Waals surface area (Å²) < 4.78 is 69.3. The van der Waals surface area contributed by atoms with Crippen LogP contribution in [0.3, 0.4) is 0 Å². The van der Waals surface area contributed by atoms with E-state index >= 15 is 0 Å². The van der Waals surface area contributed by atoms with Gasteiger partial charge in [-0.05, 0) is 54.7 Å². The highest BCUT2D eigenvalue weighted by molar-refractivity contribution is 7.92. The predicted molar refractivity (Wildman–Crippen MR) is 149 cm³/mol. The summed E-state index contributed by atoms with van der Waals surface area (Å²) in [5.41, 5.74) is 0.585. The Labute approximate surface area is 237 Å². The Morgan fingerprint density at radius 2 is 1.85 bits per heavy atom. The summed E-state index contributed by atoms with van der Waals surface area (Å²) in [6, 6.07) is 7.70. The summed E-state index contributed by atoms with van der Waals surface area (Å²) in [7, 11) is -8.05. The van der Waals surface area contributed by atoms with E-state index in [1.54, 1.807) is 0 Å². The van der Waals surface area contributed by atoms with Crippen molar-refractivity contribution in [1.82, 2.24) is 4.90 Å². The zero-order valence-electron chi connectivity index (χ0n) is 21.6. The molecule has 2 fully saturated rings. The van der Waals surface area contributed by atoms with Crippen LogP contribution >= 0.6 is 11.6 Å². The van der Waals surface area contributed by atoms with Gasteiger partial charge in [0, 0.05) is 29.7 Å². The lowest BCUT2D eigenvalue weighted by Gasteiger charge is -2.41. The molecule has 2 unspecified atom stereocenters. The number of anilines is 2. The Bertz CT molecular complexity index is 1620. The summed E-state index contributed by atoms with van der Waals surface area (Å²) in [4.78, 5) is 28.8. The van der Waals surface area contributed by atoms with Gasteiger partial charge in [-0.1, -0.05) is 36.9 Å². The van der Waals surface area contributed by atoms with Crippen LogP contribution in [0.4, 0.5) is 15.8 Å². The molecule has 2 N–H and O–H groups in total. The van der Waals surface area contributed by atoms with Crippen LogP contribution < -0.4 is 10.0 Å². The second-order valence-corrected chi connectivity index (χ2v) is 14.2. The molecular formula is C26H28ClFN4O6S2. The smallest absolute Gasteiger partial charge is 0.286 e. The van der Waals surface area contributed by atoms with Gasteiger partial charge in [-0.25, -0.2) is 12.8 Å². The molecule has 40 heavy (non-hydrogen) atoms. The Hall–Kier alpha value is -3.03. The molecule has 10 nitrogen and oxygen atoms in total. The molecule has 1 aliphatic carbocycles. The summed E-state index contributed by atoms with van der Waals surface area (Å²) >= 11 is 6.24. The molecule has 2 atom stereocenters. The van der Waals surface area contributed by atoms with E-state index in [0.717, 1.165) is 50.5 Å². The number of amides is 1. The number of hydrogen-bond acceptors (Lipinski definition) is 7. The SMILES string of the molecule is CS(=O)(=O)Nc1ccc2c(c1)S(=O)(=O)N=C(C1C(=O)C(C3CCCCC3)CN(Cc3ccc(F)cc3Cl)C1=O)N2. The average molecular weight is 611 g/mol. The Morgan fingerprint density at radius 3 is 2.52 bits per heavy atom. The predicted octanol–water partition coefficient (Wildman–Crippen LogP) is 3.79. The number of carbonyl (C=O) groups excluding carboxylic acids is 2. The van der Waals surface area contributed by atoms with Crippen LogP contribution in [0.5, 0.6) is 0 Å². The monoisotopic (exact) mass is 610 g/mol. The quantitative estimate of drug-likeness (QED) is 0.474. The van der Waals surface area contributed by atoms with Crippen LogP contribution in [0.15, 0.2) is 45.7 Å². The van der Waals surface area contributed by atoms with Crippen molar-refractivity contribution in [3.63, 3.8) is 0 Å². The zero-order valence-corrected chi connectivity index (χ0v) is 24.0. The molecule has 0 radical (unpaired) electrons. The van der Waals surface area contributed by atoms with Gasteiger partial charge in [0.2, 0.25) is 15.9 Å². The first-order chi connectivity index (χ1) is 18.8. The minimum absolute atomic E-state index is 0.0160. The minimum Gasteiger partial charge on any atom is -0.341 e. The number of amidine groups is 1. The average Bonchev–Trinajstić information content (AvgIpc) is 2.87. The minimum atomic E-state index is -4.39. The van der Waals surface area contributed by atoms with Gasteiger partial charge < -0.3 is 10.2 Å². The van der Waals surface area contributed by atoms with Crippen molar-refractivity contribution in [3.8, 4) is 0 Å². The van der Waals surface area contributed by atoms with Crippen molar-refractivity contribution < 1.29 is 30.8 Å². The van der Waals surface area contributed by atoms with Crippen LogP contribution in [0.25, 0.3) is 0 Å². The molecule has 3 aliphatic rings. The molecule has 5 rings (SSSR count). The molecule has 214 valence electrons. The van der Waals surface area contributed by atoms with E-state index in [2.05, 4.69) is 14.4 Å². The first kappa shape index (κ1) is 28.5. The van der Waals surface area contributed by atoms with Crippen molar-refractivity contribution in [2.24, 2.45) is 22.2 Å². The number of fused-ring (bicyclic) bond motifs is 1. The first-order valence-corrected chi connectivity index (χ1v) is 16.5. The summed E-state index contributed by atoms with van der Waals surface area (Å²) in [6.45, 7) is 0.158. The number of hydrogen-bond donors (Lipinski definition) is 2. The van der Waals surface area contributed by atoms with Crippen LogP contribution in [0.1, 0.15) is 37.7 Å². The second kappa shape index (κ2) is 10.7. The van der Waals surface area contributed by atoms with E-state index in [9.17, 15) is 30.8 Å². The van der Waals surface area contributed by atoms with E-state index in [0.29, 0.717) is 5.56 Å². The van der Waals surface area contributed by atoms with Gasteiger partial charge in [0.25, 0.3) is 10.0 Å². The van der Waals surface area contributed by atoms with Gasteiger partial charge in [-0.2, -0.15) is 8.42 Å². The topological polar surface area (TPSA) is 142 Å². The van der Waals surface area contributed by atoms with E-state index < -0.39 is 49.4 Å². The second-order valence-electron chi connectivity index (χ2n) is 10.5. The standard InChI is InChI=1S/C26H28ClFN4O6S2/c1-39(35,36)30-18-9-10-21-22(12-18)40(37,38)31-25(29-21)23-24(33)19(15-5-3-2-4-6-15)14-32(26(23)34)13-16-7-8-17(28)11-20(16)27/h7-12,15,19,23,30H,2-6,13-14H2,1H3,(H,29,31). The van der Waals surface area contributed by atoms with Gasteiger partial charge in [0.1, 0.15) is 16.5 Å². The molecular weight excluding hydrogens is 583 g/mol. The van der Waals surface area contributed by atoms with E-state index in [1.807, 2.05) is 0 Å². The van der Waals surface area contributed by atoms with Crippen molar-refractivity contribution in [2.75, 3.05) is 22.8 Å². The lowest BCUT2D eigenvalue weighted by molar-refractivity contribution is -0.148. The van der Waals surface area contributed by atoms with Gasteiger partial charge in [-0.3, -0.25) is 14.3 Å². The maximum Gasteiger partial charge on any atom is 0.286 e. The van der Waals surface area contributed by atoms with Gasteiger partial charge in [0.15, 0.2) is 11.7 Å². The van der Waals surface area contributed by atoms with Crippen molar-refractivity contribution in [2.45, 2.75) is 43.5 Å². The van der Waals surface area contributed by atoms with Crippen LogP contribution in [0, 0.1) is 23.6 Å². The summed E-state index contributed by atoms with van der Waals surface area (Å²) in [5, 5.41) is 2.99. The largest absolute Gasteiger partial charge is 0.341 e. The molecule has 1 saturated heterocycles. The normalized spacial score (nSPS) is 23.3. The van der Waals surface area contributed by atoms with Crippen LogP contribution in [-0.4, -0.2) is 52.1 Å². The number of nitrogens with zero attached hydrogens (tertiary/aromatic N) is 2. The number of sulfonamides is 2. The number of likely N-dealkylation sites (tertiary alicyclic amines) is 1. The number of piperidine rings is 1. The number of halogens is 2. The maximum absolute atomic E-state index is 13.9. The molecule has 0 aromatic heterocycles. The zero-order chi connectivity index (χ0) is 28.8. The number of benzene rings is 2. The van der Waals surface area contributed by atoms with E-state index in [-0.39, 0.29) is 46.1 Å². The van der Waals surface area contributed by atoms with Gasteiger partial charge >= 0.3 is 0 Å². The van der Waals surface area contributed by atoms with Crippen molar-refractivity contribution in [3.05, 3.63) is 52.8 Å². The maximum atomic E-state index is 13.9. The molecule has 0 bridgehead atoms. The highest BCUT2D eigenvalue weighted by atomic mass is 35.5. The molecule has 1 saturated carbocycles. The van der Waals surface area contributed by atoms with Crippen LogP contribution in [-0.2, 0) is 36.2 Å². The summed E-state index contributed by atoms with van der Waals surface area (Å²) in [6.07, 6.45) is 5.56. The van der Waals surface area contributed by atoms with Crippen LogP contribution in [0.2, 0.25) is 5.02 Å². The number of Topliss-reactive ketones (excluding diaryl/α,β-unsaturated/α-hetero) is 1. The third kappa shape index (κ3) is 5.86. The molecule has 2 aromatic rings.